The van der Waals surface area contributed by atoms with Crippen molar-refractivity contribution in [2.24, 2.45) is 0 Å². The molecule has 0 aliphatic heterocycles. The van der Waals surface area contributed by atoms with Crippen molar-refractivity contribution in [2.45, 2.75) is 13.8 Å². The molecule has 0 unspecified atom stereocenters. The maximum Gasteiger partial charge on any atom is 0.338 e. The van der Waals surface area contributed by atoms with Gasteiger partial charge in [0.15, 0.2) is 0 Å². The van der Waals surface area contributed by atoms with E-state index in [1.165, 1.54) is 18.3 Å². The zero-order valence-corrected chi connectivity index (χ0v) is 11.5. The third-order valence-corrected chi connectivity index (χ3v) is 2.78. The molecule has 5 nitrogen and oxygen atoms in total. The Morgan fingerprint density at radius 3 is 2.78 bits per heavy atom. The summed E-state index contributed by atoms with van der Waals surface area (Å²) in [5.41, 5.74) is 0.835. The minimum absolute atomic E-state index is 0.0601. The Labute approximate surface area is 113 Å². The van der Waals surface area contributed by atoms with Gasteiger partial charge in [0.05, 0.1) is 17.9 Å². The average molecular weight is 314 g/mol. The second-order valence-corrected chi connectivity index (χ2v) is 4.23. The van der Waals surface area contributed by atoms with E-state index in [0.717, 1.165) is 0 Å². The fraction of sp³-hybridized carbons (Fsp3) is 0.250. The molecule has 18 heavy (non-hydrogen) atoms. The second-order valence-electron chi connectivity index (χ2n) is 3.37. The third kappa shape index (κ3) is 3.40. The molecule has 6 heteroatoms. The number of carboxylic acids is 1. The Hall–Kier alpha value is -1.69. The van der Waals surface area contributed by atoms with E-state index in [1.807, 2.05) is 0 Å². The van der Waals surface area contributed by atoms with Crippen LogP contribution < -0.4 is 0 Å². The summed E-state index contributed by atoms with van der Waals surface area (Å²) in [6, 6.07) is 0. The molecule has 1 aromatic heterocycles. The molecule has 1 heterocycles. The number of nitrogens with zero attached hydrogens (tertiary/aromatic N) is 1. The van der Waals surface area contributed by atoms with Crippen LogP contribution in [-0.4, -0.2) is 28.6 Å². The number of aromatic carboxylic acids is 1. The SMILES string of the molecule is CCOC(=O)/C=C/c1c(Br)cnc(C)c1C(=O)O. The molecule has 0 saturated heterocycles. The maximum absolute atomic E-state index is 11.2. The summed E-state index contributed by atoms with van der Waals surface area (Å²) in [5.74, 6) is -1.61. The predicted molar refractivity (Wildman–Crippen MR) is 69.3 cm³/mol. The Bertz CT molecular complexity index is 511. The topological polar surface area (TPSA) is 76.5 Å². The highest BCUT2D eigenvalue weighted by Gasteiger charge is 2.15. The fourth-order valence-corrected chi connectivity index (χ4v) is 1.81. The first-order valence-corrected chi connectivity index (χ1v) is 5.99. The van der Waals surface area contributed by atoms with Crippen molar-refractivity contribution in [3.05, 3.63) is 33.6 Å². The fourth-order valence-electron chi connectivity index (χ4n) is 1.38. The molecule has 0 atom stereocenters. The van der Waals surface area contributed by atoms with Gasteiger partial charge in [-0.2, -0.15) is 0 Å². The Kier molecular flexibility index (Phi) is 5.03. The standard InChI is InChI=1S/C12H12BrNO4/c1-3-18-10(15)5-4-8-9(13)6-14-7(2)11(8)12(16)17/h4-6H,3H2,1-2H3,(H,16,17)/b5-4+. The number of aromatic nitrogens is 1. The van der Waals surface area contributed by atoms with Crippen molar-refractivity contribution in [3.8, 4) is 0 Å². The van der Waals surface area contributed by atoms with Gasteiger partial charge in [-0.1, -0.05) is 0 Å². The molecule has 0 amide bonds. The quantitative estimate of drug-likeness (QED) is 0.682. The van der Waals surface area contributed by atoms with Crippen molar-refractivity contribution < 1.29 is 19.4 Å². The molecular weight excluding hydrogens is 302 g/mol. The molecule has 0 aliphatic carbocycles. The van der Waals surface area contributed by atoms with Crippen molar-refractivity contribution >= 4 is 33.9 Å². The summed E-state index contributed by atoms with van der Waals surface area (Å²) in [7, 11) is 0. The molecule has 1 N–H and O–H groups in total. The summed E-state index contributed by atoms with van der Waals surface area (Å²) in [6.07, 6.45) is 4.09. The normalized spacial score (nSPS) is 10.6. The van der Waals surface area contributed by atoms with Gasteiger partial charge in [-0.15, -0.1) is 0 Å². The maximum atomic E-state index is 11.2. The van der Waals surface area contributed by atoms with Crippen LogP contribution in [0.2, 0.25) is 0 Å². The van der Waals surface area contributed by atoms with E-state index < -0.39 is 11.9 Å². The van der Waals surface area contributed by atoms with Crippen molar-refractivity contribution in [1.29, 1.82) is 0 Å². The van der Waals surface area contributed by atoms with Gasteiger partial charge in [0.25, 0.3) is 0 Å². The number of hydrogen-bond donors (Lipinski definition) is 1. The summed E-state index contributed by atoms with van der Waals surface area (Å²) >= 11 is 3.21. The van der Waals surface area contributed by atoms with Crippen LogP contribution in [0.15, 0.2) is 16.7 Å². The minimum atomic E-state index is -1.09. The number of esters is 1. The van der Waals surface area contributed by atoms with Gasteiger partial charge in [0.2, 0.25) is 0 Å². The van der Waals surface area contributed by atoms with Crippen LogP contribution in [0.1, 0.15) is 28.5 Å². The summed E-state index contributed by atoms with van der Waals surface area (Å²) in [4.78, 5) is 26.3. The molecule has 0 bridgehead atoms. The lowest BCUT2D eigenvalue weighted by Crippen LogP contribution is -2.06. The smallest absolute Gasteiger partial charge is 0.338 e. The van der Waals surface area contributed by atoms with E-state index >= 15 is 0 Å². The highest BCUT2D eigenvalue weighted by atomic mass is 79.9. The van der Waals surface area contributed by atoms with Crippen LogP contribution >= 0.6 is 15.9 Å². The lowest BCUT2D eigenvalue weighted by Gasteiger charge is -2.06. The van der Waals surface area contributed by atoms with Crippen LogP contribution in [0.25, 0.3) is 6.08 Å². The highest BCUT2D eigenvalue weighted by Crippen LogP contribution is 2.23. The molecular formula is C12H12BrNO4. The van der Waals surface area contributed by atoms with Gasteiger partial charge in [-0.05, 0) is 35.9 Å². The molecule has 1 rings (SSSR count). The van der Waals surface area contributed by atoms with E-state index in [4.69, 9.17) is 9.84 Å². The summed E-state index contributed by atoms with van der Waals surface area (Å²) in [5, 5.41) is 9.13. The first-order chi connectivity index (χ1) is 8.47. The Morgan fingerprint density at radius 1 is 1.56 bits per heavy atom. The Balaban J connectivity index is 3.19. The number of hydrogen-bond acceptors (Lipinski definition) is 4. The Morgan fingerprint density at radius 2 is 2.22 bits per heavy atom. The number of ether oxygens (including phenoxy) is 1. The largest absolute Gasteiger partial charge is 0.478 e. The van der Waals surface area contributed by atoms with Crippen LogP contribution in [0.3, 0.4) is 0 Å². The van der Waals surface area contributed by atoms with Crippen LogP contribution in [-0.2, 0) is 9.53 Å². The van der Waals surface area contributed by atoms with E-state index in [-0.39, 0.29) is 12.2 Å². The third-order valence-electron chi connectivity index (χ3n) is 2.15. The molecule has 0 aromatic carbocycles. The van der Waals surface area contributed by atoms with E-state index in [9.17, 15) is 9.59 Å². The molecule has 0 fully saturated rings. The zero-order chi connectivity index (χ0) is 13.7. The number of carbonyl (C=O) groups excluding carboxylic acids is 1. The van der Waals surface area contributed by atoms with Crippen molar-refractivity contribution in [3.63, 3.8) is 0 Å². The van der Waals surface area contributed by atoms with Gasteiger partial charge in [-0.3, -0.25) is 4.98 Å². The van der Waals surface area contributed by atoms with Crippen molar-refractivity contribution in [2.75, 3.05) is 6.61 Å². The van der Waals surface area contributed by atoms with E-state index in [0.29, 0.717) is 15.7 Å². The number of halogens is 1. The highest BCUT2D eigenvalue weighted by molar-refractivity contribution is 9.10. The number of pyridine rings is 1. The predicted octanol–water partition coefficient (Wildman–Crippen LogP) is 2.43. The monoisotopic (exact) mass is 313 g/mol. The summed E-state index contributed by atoms with van der Waals surface area (Å²) < 4.78 is 5.24. The first kappa shape index (κ1) is 14.4. The van der Waals surface area contributed by atoms with Gasteiger partial charge >= 0.3 is 11.9 Å². The molecule has 0 saturated carbocycles. The van der Waals surface area contributed by atoms with Crippen LogP contribution in [0.5, 0.6) is 0 Å². The minimum Gasteiger partial charge on any atom is -0.478 e. The number of carboxylic acid groups (broad SMARTS) is 1. The summed E-state index contributed by atoms with van der Waals surface area (Å²) in [6.45, 7) is 3.56. The van der Waals surface area contributed by atoms with Gasteiger partial charge in [0, 0.05) is 22.3 Å². The van der Waals surface area contributed by atoms with E-state index in [2.05, 4.69) is 20.9 Å². The number of rotatable bonds is 4. The zero-order valence-electron chi connectivity index (χ0n) is 9.94. The molecule has 96 valence electrons. The van der Waals surface area contributed by atoms with Crippen LogP contribution in [0, 0.1) is 6.92 Å². The lowest BCUT2D eigenvalue weighted by atomic mass is 10.1. The second kappa shape index (κ2) is 6.30. The van der Waals surface area contributed by atoms with Crippen molar-refractivity contribution in [1.82, 2.24) is 4.98 Å². The molecule has 1 aromatic rings. The van der Waals surface area contributed by atoms with Gasteiger partial charge in [0.1, 0.15) is 0 Å². The van der Waals surface area contributed by atoms with E-state index in [1.54, 1.807) is 13.8 Å². The molecule has 0 radical (unpaired) electrons. The van der Waals surface area contributed by atoms with Crippen LogP contribution in [0.4, 0.5) is 0 Å². The molecule has 0 aliphatic rings. The van der Waals surface area contributed by atoms with Gasteiger partial charge in [-0.25, -0.2) is 9.59 Å². The van der Waals surface area contributed by atoms with Gasteiger partial charge < -0.3 is 9.84 Å². The first-order valence-electron chi connectivity index (χ1n) is 5.20. The molecule has 0 spiro atoms. The average Bonchev–Trinajstić information content (AvgIpc) is 2.30. The lowest BCUT2D eigenvalue weighted by molar-refractivity contribution is -0.137. The number of aryl methyl sites for hydroxylation is 1. The number of carbonyl (C=O) groups is 2.